The molecule has 0 amide bonds. The monoisotopic (exact) mass is 414 g/mol. The van der Waals surface area contributed by atoms with Gasteiger partial charge in [0.1, 0.15) is 18.0 Å². The molecule has 6 nitrogen and oxygen atoms in total. The fourth-order valence-electron chi connectivity index (χ4n) is 4.06. The minimum absolute atomic E-state index is 0.273. The maximum absolute atomic E-state index is 12.8. The highest BCUT2D eigenvalue weighted by molar-refractivity contribution is 6.30. The van der Waals surface area contributed by atoms with E-state index in [2.05, 4.69) is 0 Å². The molecule has 29 heavy (non-hydrogen) atoms. The average molecular weight is 415 g/mol. The number of hydrogen-bond donors (Lipinski definition) is 0. The Kier molecular flexibility index (Phi) is 4.22. The van der Waals surface area contributed by atoms with Gasteiger partial charge in [0.05, 0.1) is 19.1 Å². The van der Waals surface area contributed by atoms with E-state index in [4.69, 9.17) is 35.6 Å². The van der Waals surface area contributed by atoms with Crippen molar-refractivity contribution in [1.82, 2.24) is 0 Å². The second kappa shape index (κ2) is 6.57. The lowest BCUT2D eigenvalue weighted by Crippen LogP contribution is -2.61. The minimum atomic E-state index is -1.33. The summed E-state index contributed by atoms with van der Waals surface area (Å²) in [5.41, 5.74) is 1.08. The number of ether oxygens (including phenoxy) is 3. The first-order chi connectivity index (χ1) is 13.9. The number of rotatable bonds is 3. The van der Waals surface area contributed by atoms with Crippen LogP contribution in [-0.2, 0) is 24.0 Å². The predicted molar refractivity (Wildman–Crippen MR) is 103 cm³/mol. The van der Waals surface area contributed by atoms with Crippen molar-refractivity contribution in [3.05, 3.63) is 76.3 Å². The quantitative estimate of drug-likeness (QED) is 0.546. The molecule has 0 aliphatic carbocycles. The van der Waals surface area contributed by atoms with Gasteiger partial charge in [-0.15, -0.1) is 0 Å². The maximum atomic E-state index is 12.8. The van der Waals surface area contributed by atoms with Gasteiger partial charge in [-0.3, -0.25) is 0 Å². The second-order valence-corrected chi connectivity index (χ2v) is 8.02. The molecule has 2 fully saturated rings. The molecule has 1 spiro atoms. The number of esters is 1. The van der Waals surface area contributed by atoms with Crippen LogP contribution in [0.3, 0.4) is 0 Å². The van der Waals surface area contributed by atoms with Gasteiger partial charge >= 0.3 is 5.97 Å². The van der Waals surface area contributed by atoms with Crippen LogP contribution in [-0.4, -0.2) is 24.5 Å². The highest BCUT2D eigenvalue weighted by Gasteiger charge is 2.63. The zero-order valence-electron chi connectivity index (χ0n) is 15.9. The molecule has 2 unspecified atom stereocenters. The SMILES string of the molecule is COc1ccc(C2O[C@]34CC(c5ccc(Cl)cc5)OC(=O)C3=C[C@@]2(C)OO4)cc1. The largest absolute Gasteiger partial charge is 0.497 e. The van der Waals surface area contributed by atoms with E-state index in [9.17, 15) is 4.79 Å². The van der Waals surface area contributed by atoms with Crippen LogP contribution in [0, 0.1) is 0 Å². The number of cyclic esters (lactones) is 1. The Bertz CT molecular complexity index is 985. The van der Waals surface area contributed by atoms with Crippen LogP contribution in [0.2, 0.25) is 5.02 Å². The standard InChI is InChI=1S/C22H19ClO6/c1-21-11-17-20(24)26-18(13-3-7-15(23)8-4-13)12-22(17,29-28-21)27-19(21)14-5-9-16(25-2)10-6-14/h3-11,18-19H,12H2,1-2H3/t18?,19?,21-,22+/m1/s1. The smallest absolute Gasteiger partial charge is 0.340 e. The van der Waals surface area contributed by atoms with E-state index in [1.807, 2.05) is 43.3 Å². The number of methoxy groups -OCH3 is 1. The molecule has 0 aromatic heterocycles. The Morgan fingerprint density at radius 3 is 2.41 bits per heavy atom. The molecule has 4 heterocycles. The van der Waals surface area contributed by atoms with E-state index in [0.29, 0.717) is 10.6 Å². The van der Waals surface area contributed by atoms with Gasteiger partial charge < -0.3 is 14.2 Å². The van der Waals surface area contributed by atoms with Crippen molar-refractivity contribution >= 4 is 17.6 Å². The molecular weight excluding hydrogens is 396 g/mol. The van der Waals surface area contributed by atoms with E-state index < -0.39 is 29.6 Å². The molecule has 0 radical (unpaired) electrons. The van der Waals surface area contributed by atoms with Crippen LogP contribution in [0.1, 0.15) is 36.7 Å². The Hall–Kier alpha value is -2.38. The summed E-state index contributed by atoms with van der Waals surface area (Å²) in [5.74, 6) is -1.06. The molecule has 2 aromatic rings. The van der Waals surface area contributed by atoms with E-state index in [-0.39, 0.29) is 6.42 Å². The summed E-state index contributed by atoms with van der Waals surface area (Å²) in [6.07, 6.45) is 1.03. The third-order valence-corrected chi connectivity index (χ3v) is 5.86. The average Bonchev–Trinajstić information content (AvgIpc) is 2.74. The summed E-state index contributed by atoms with van der Waals surface area (Å²) >= 11 is 5.98. The van der Waals surface area contributed by atoms with E-state index in [1.165, 1.54) is 0 Å². The van der Waals surface area contributed by atoms with Gasteiger partial charge in [-0.2, -0.15) is 4.89 Å². The first kappa shape index (κ1) is 18.6. The maximum Gasteiger partial charge on any atom is 0.340 e. The lowest BCUT2D eigenvalue weighted by molar-refractivity contribution is -0.523. The van der Waals surface area contributed by atoms with Crippen molar-refractivity contribution in [2.24, 2.45) is 0 Å². The second-order valence-electron chi connectivity index (χ2n) is 7.58. The van der Waals surface area contributed by atoms with E-state index >= 15 is 0 Å². The normalized spacial score (nSPS) is 32.9. The van der Waals surface area contributed by atoms with Crippen LogP contribution in [0.5, 0.6) is 5.75 Å². The molecule has 7 heteroatoms. The Morgan fingerprint density at radius 1 is 1.03 bits per heavy atom. The molecule has 0 N–H and O–H groups in total. The zero-order chi connectivity index (χ0) is 20.2. The molecular formula is C22H19ClO6. The van der Waals surface area contributed by atoms with Crippen molar-refractivity contribution in [3.63, 3.8) is 0 Å². The van der Waals surface area contributed by atoms with Crippen molar-refractivity contribution in [2.45, 2.75) is 36.9 Å². The van der Waals surface area contributed by atoms with Crippen molar-refractivity contribution in [3.8, 4) is 5.75 Å². The zero-order valence-corrected chi connectivity index (χ0v) is 16.6. The van der Waals surface area contributed by atoms with Gasteiger partial charge in [0.25, 0.3) is 0 Å². The van der Waals surface area contributed by atoms with E-state index in [1.54, 1.807) is 25.3 Å². The molecule has 2 saturated heterocycles. The minimum Gasteiger partial charge on any atom is -0.497 e. The molecule has 150 valence electrons. The first-order valence-corrected chi connectivity index (χ1v) is 9.69. The van der Waals surface area contributed by atoms with Gasteiger partial charge in [0.2, 0.25) is 5.79 Å². The summed E-state index contributed by atoms with van der Waals surface area (Å²) in [6, 6.07) is 14.7. The van der Waals surface area contributed by atoms with Gasteiger partial charge in [-0.25, -0.2) is 9.68 Å². The number of fused-ring (bicyclic) bond motifs is 2. The highest BCUT2D eigenvalue weighted by atomic mass is 35.5. The molecule has 4 aliphatic rings. The van der Waals surface area contributed by atoms with Crippen LogP contribution < -0.4 is 4.74 Å². The summed E-state index contributed by atoms with van der Waals surface area (Å²) in [6.45, 7) is 1.82. The molecule has 4 atom stereocenters. The molecule has 6 rings (SSSR count). The van der Waals surface area contributed by atoms with Crippen LogP contribution in [0.4, 0.5) is 0 Å². The third kappa shape index (κ3) is 2.95. The van der Waals surface area contributed by atoms with E-state index in [0.717, 1.165) is 16.9 Å². The lowest BCUT2D eigenvalue weighted by atomic mass is 9.81. The Balaban J connectivity index is 1.51. The first-order valence-electron chi connectivity index (χ1n) is 9.31. The number of benzene rings is 2. The predicted octanol–water partition coefficient (Wildman–Crippen LogP) is 4.45. The molecule has 4 aliphatic heterocycles. The number of halogens is 1. The van der Waals surface area contributed by atoms with Crippen molar-refractivity contribution < 1.29 is 28.8 Å². The highest BCUT2D eigenvalue weighted by Crippen LogP contribution is 2.55. The molecule has 2 bridgehead atoms. The van der Waals surface area contributed by atoms with Gasteiger partial charge in [0, 0.05) is 5.02 Å². The summed E-state index contributed by atoms with van der Waals surface area (Å²) in [4.78, 5) is 24.2. The molecule has 0 saturated carbocycles. The van der Waals surface area contributed by atoms with Crippen LogP contribution >= 0.6 is 11.6 Å². The summed E-state index contributed by atoms with van der Waals surface area (Å²) in [7, 11) is 1.62. The van der Waals surface area contributed by atoms with Crippen LogP contribution in [0.25, 0.3) is 0 Å². The summed E-state index contributed by atoms with van der Waals surface area (Å²) in [5, 5.41) is 0.608. The molecule has 2 aromatic carbocycles. The fourth-order valence-corrected chi connectivity index (χ4v) is 4.18. The summed E-state index contributed by atoms with van der Waals surface area (Å²) < 4.78 is 17.3. The number of hydrogen-bond acceptors (Lipinski definition) is 6. The third-order valence-electron chi connectivity index (χ3n) is 5.61. The van der Waals surface area contributed by atoms with Crippen molar-refractivity contribution in [1.29, 1.82) is 0 Å². The van der Waals surface area contributed by atoms with Gasteiger partial charge in [0.15, 0.2) is 5.60 Å². The number of carbonyl (C=O) groups is 1. The fraction of sp³-hybridized carbons (Fsp3) is 0.318. The van der Waals surface area contributed by atoms with Gasteiger partial charge in [-0.1, -0.05) is 35.9 Å². The number of carbonyl (C=O) groups excluding carboxylic acids is 1. The Morgan fingerprint density at radius 2 is 1.72 bits per heavy atom. The van der Waals surface area contributed by atoms with Crippen molar-refractivity contribution in [2.75, 3.05) is 7.11 Å². The van der Waals surface area contributed by atoms with Gasteiger partial charge in [-0.05, 0) is 48.4 Å². The lowest BCUT2D eigenvalue weighted by Gasteiger charge is -2.54. The van der Waals surface area contributed by atoms with Crippen LogP contribution in [0.15, 0.2) is 60.2 Å². The Labute approximate surface area is 172 Å². The topological polar surface area (TPSA) is 63.2 Å².